The summed E-state index contributed by atoms with van der Waals surface area (Å²) in [5.41, 5.74) is 0. The molecular formula is C6H8O3. The van der Waals surface area contributed by atoms with Crippen LogP contribution in [0.5, 0.6) is 0 Å². The third-order valence-corrected chi connectivity index (χ3v) is 1.74. The number of fused-ring (bicyclic) bond motifs is 1. The number of aliphatic hydroxyl groups is 2. The van der Waals surface area contributed by atoms with E-state index in [0.717, 1.165) is 0 Å². The fraction of sp³-hybridized carbons (Fsp3) is 0.667. The summed E-state index contributed by atoms with van der Waals surface area (Å²) in [7, 11) is 0. The molecule has 0 amide bonds. The van der Waals surface area contributed by atoms with Crippen molar-refractivity contribution in [1.82, 2.24) is 0 Å². The number of aliphatic hydroxyl groups excluding tert-OH is 2. The summed E-state index contributed by atoms with van der Waals surface area (Å²) in [6.45, 7) is 0. The maximum absolute atomic E-state index is 9.01. The van der Waals surface area contributed by atoms with Crippen LogP contribution in [0.3, 0.4) is 0 Å². The maximum atomic E-state index is 9.01. The topological polar surface area (TPSA) is 53.0 Å². The molecule has 1 heterocycles. The molecule has 0 aromatic heterocycles. The maximum Gasteiger partial charge on any atom is 0.117 e. The lowest BCUT2D eigenvalue weighted by Gasteiger charge is -2.08. The first-order valence-electron chi connectivity index (χ1n) is 2.99. The minimum Gasteiger partial charge on any atom is -0.386 e. The zero-order valence-corrected chi connectivity index (χ0v) is 4.77. The van der Waals surface area contributed by atoms with Gasteiger partial charge in [-0.1, -0.05) is 12.2 Å². The molecule has 0 spiro atoms. The molecule has 0 unspecified atom stereocenters. The summed E-state index contributed by atoms with van der Waals surface area (Å²) in [5.74, 6) is 0. The zero-order chi connectivity index (χ0) is 6.43. The summed E-state index contributed by atoms with van der Waals surface area (Å²) in [5, 5.41) is 18.0. The van der Waals surface area contributed by atoms with Gasteiger partial charge in [0.05, 0.1) is 0 Å². The molecule has 0 saturated carbocycles. The van der Waals surface area contributed by atoms with Crippen LogP contribution in [0.25, 0.3) is 0 Å². The third-order valence-electron chi connectivity index (χ3n) is 1.74. The van der Waals surface area contributed by atoms with Crippen LogP contribution in [-0.4, -0.2) is 34.6 Å². The van der Waals surface area contributed by atoms with Crippen molar-refractivity contribution >= 4 is 0 Å². The quantitative estimate of drug-likeness (QED) is 0.326. The Hall–Kier alpha value is -0.380. The zero-order valence-electron chi connectivity index (χ0n) is 4.77. The molecule has 9 heavy (non-hydrogen) atoms. The highest BCUT2D eigenvalue weighted by Gasteiger charge is 2.49. The lowest BCUT2D eigenvalue weighted by Crippen LogP contribution is -2.25. The van der Waals surface area contributed by atoms with Gasteiger partial charge in [-0.2, -0.15) is 0 Å². The molecule has 3 nitrogen and oxygen atoms in total. The van der Waals surface area contributed by atoms with E-state index in [9.17, 15) is 0 Å². The van der Waals surface area contributed by atoms with Crippen LogP contribution in [0.15, 0.2) is 12.2 Å². The van der Waals surface area contributed by atoms with Crippen LogP contribution in [0.2, 0.25) is 0 Å². The average Bonchev–Trinajstić information content (AvgIpc) is 2.57. The van der Waals surface area contributed by atoms with E-state index in [1.54, 1.807) is 12.2 Å². The SMILES string of the molecule is O[C@@H]1C=C[C@H](O)[C@@H]2O[C@@H]21. The predicted molar refractivity (Wildman–Crippen MR) is 29.8 cm³/mol. The molecule has 2 aliphatic rings. The van der Waals surface area contributed by atoms with Crippen molar-refractivity contribution in [2.45, 2.75) is 24.4 Å². The highest BCUT2D eigenvalue weighted by molar-refractivity contribution is 5.14. The number of hydrogen-bond acceptors (Lipinski definition) is 3. The summed E-state index contributed by atoms with van der Waals surface area (Å²) < 4.78 is 4.94. The van der Waals surface area contributed by atoms with Crippen molar-refractivity contribution < 1.29 is 14.9 Å². The molecule has 3 heteroatoms. The molecule has 0 aromatic carbocycles. The van der Waals surface area contributed by atoms with E-state index in [1.807, 2.05) is 0 Å². The van der Waals surface area contributed by atoms with Gasteiger partial charge in [-0.05, 0) is 0 Å². The van der Waals surface area contributed by atoms with Gasteiger partial charge in [-0.25, -0.2) is 0 Å². The van der Waals surface area contributed by atoms with Gasteiger partial charge >= 0.3 is 0 Å². The Morgan fingerprint density at radius 2 is 1.44 bits per heavy atom. The van der Waals surface area contributed by atoms with Crippen LogP contribution in [0, 0.1) is 0 Å². The first kappa shape index (κ1) is 5.41. The van der Waals surface area contributed by atoms with Gasteiger partial charge in [-0.15, -0.1) is 0 Å². The fourth-order valence-electron chi connectivity index (χ4n) is 1.13. The van der Waals surface area contributed by atoms with Gasteiger partial charge in [0.1, 0.15) is 24.4 Å². The van der Waals surface area contributed by atoms with Gasteiger partial charge in [0.15, 0.2) is 0 Å². The molecule has 0 bridgehead atoms. The van der Waals surface area contributed by atoms with Crippen molar-refractivity contribution in [3.8, 4) is 0 Å². The van der Waals surface area contributed by atoms with E-state index in [0.29, 0.717) is 0 Å². The Balaban J connectivity index is 2.15. The molecular weight excluding hydrogens is 120 g/mol. The van der Waals surface area contributed by atoms with Crippen LogP contribution in [0.4, 0.5) is 0 Å². The second-order valence-electron chi connectivity index (χ2n) is 2.43. The van der Waals surface area contributed by atoms with Gasteiger partial charge < -0.3 is 14.9 Å². The van der Waals surface area contributed by atoms with Crippen molar-refractivity contribution in [2.24, 2.45) is 0 Å². The van der Waals surface area contributed by atoms with Crippen molar-refractivity contribution in [2.75, 3.05) is 0 Å². The Morgan fingerprint density at radius 3 is 1.89 bits per heavy atom. The summed E-state index contributed by atoms with van der Waals surface area (Å²) in [6.07, 6.45) is 1.87. The first-order valence-corrected chi connectivity index (χ1v) is 2.99. The predicted octanol–water partition coefficient (Wildman–Crippen LogP) is -0.955. The van der Waals surface area contributed by atoms with Crippen molar-refractivity contribution in [3.05, 3.63) is 12.2 Å². The van der Waals surface area contributed by atoms with Crippen LogP contribution < -0.4 is 0 Å². The third kappa shape index (κ3) is 0.694. The summed E-state index contributed by atoms with van der Waals surface area (Å²) in [4.78, 5) is 0. The van der Waals surface area contributed by atoms with E-state index in [1.165, 1.54) is 0 Å². The van der Waals surface area contributed by atoms with E-state index in [2.05, 4.69) is 0 Å². The molecule has 1 saturated heterocycles. The van der Waals surface area contributed by atoms with E-state index >= 15 is 0 Å². The molecule has 50 valence electrons. The molecule has 1 aliphatic carbocycles. The normalized spacial score (nSPS) is 54.9. The highest BCUT2D eigenvalue weighted by atomic mass is 16.6. The number of ether oxygens (including phenoxy) is 1. The minimum absolute atomic E-state index is 0.134. The second kappa shape index (κ2) is 1.56. The molecule has 1 aliphatic heterocycles. The van der Waals surface area contributed by atoms with Gasteiger partial charge in [-0.3, -0.25) is 0 Å². The second-order valence-corrected chi connectivity index (χ2v) is 2.43. The van der Waals surface area contributed by atoms with Gasteiger partial charge in [0.2, 0.25) is 0 Å². The first-order chi connectivity index (χ1) is 4.29. The van der Waals surface area contributed by atoms with E-state index in [-0.39, 0.29) is 12.2 Å². The van der Waals surface area contributed by atoms with Crippen LogP contribution >= 0.6 is 0 Å². The molecule has 1 fully saturated rings. The lowest BCUT2D eigenvalue weighted by atomic mass is 10.0. The Kier molecular flexibility index (Phi) is 0.939. The van der Waals surface area contributed by atoms with Crippen LogP contribution in [0.1, 0.15) is 0 Å². The average molecular weight is 128 g/mol. The minimum atomic E-state index is -0.501. The van der Waals surface area contributed by atoms with E-state index < -0.39 is 12.2 Å². The Labute approximate surface area is 52.6 Å². The summed E-state index contributed by atoms with van der Waals surface area (Å²) >= 11 is 0. The lowest BCUT2D eigenvalue weighted by molar-refractivity contribution is 0.173. The van der Waals surface area contributed by atoms with Crippen molar-refractivity contribution in [1.29, 1.82) is 0 Å². The highest BCUT2D eigenvalue weighted by Crippen LogP contribution is 2.32. The number of rotatable bonds is 0. The molecule has 0 aromatic rings. The molecule has 4 atom stereocenters. The van der Waals surface area contributed by atoms with Crippen molar-refractivity contribution in [3.63, 3.8) is 0 Å². The fourth-order valence-corrected chi connectivity index (χ4v) is 1.13. The number of hydrogen-bond donors (Lipinski definition) is 2. The van der Waals surface area contributed by atoms with Gasteiger partial charge in [0.25, 0.3) is 0 Å². The Bertz CT molecular complexity index is 138. The molecule has 2 rings (SSSR count). The monoisotopic (exact) mass is 128 g/mol. The number of epoxide rings is 1. The standard InChI is InChI=1S/C6H8O3/c7-3-1-2-4(8)6-5(3)9-6/h1-8H/t3-,4+,5-,6+. The summed E-state index contributed by atoms with van der Waals surface area (Å²) in [6, 6.07) is 0. The van der Waals surface area contributed by atoms with E-state index in [4.69, 9.17) is 14.9 Å². The largest absolute Gasteiger partial charge is 0.386 e. The Morgan fingerprint density at radius 1 is 1.00 bits per heavy atom. The van der Waals surface area contributed by atoms with Crippen LogP contribution in [-0.2, 0) is 4.74 Å². The van der Waals surface area contributed by atoms with Gasteiger partial charge in [0, 0.05) is 0 Å². The molecule has 0 radical (unpaired) electrons. The molecule has 2 N–H and O–H groups in total. The smallest absolute Gasteiger partial charge is 0.117 e.